The number of hydrogen-bond acceptors (Lipinski definition) is 4. The number of aromatic nitrogens is 1. The molecule has 0 amide bonds. The minimum atomic E-state index is -0.260. The number of rotatable bonds is 5. The first-order valence-corrected chi connectivity index (χ1v) is 7.31. The molecule has 0 aliphatic rings. The first kappa shape index (κ1) is 13.2. The molecule has 0 radical (unpaired) electrons. The Kier molecular flexibility index (Phi) is 4.49. The predicted molar refractivity (Wildman–Crippen MR) is 72.7 cm³/mol. The summed E-state index contributed by atoms with van der Waals surface area (Å²) in [6.07, 6.45) is 0.382. The molecule has 0 saturated heterocycles. The molecule has 18 heavy (non-hydrogen) atoms. The number of carbonyl (C=O) groups excluding carboxylic acids is 1. The fourth-order valence-electron chi connectivity index (χ4n) is 1.40. The second-order valence-electron chi connectivity index (χ2n) is 3.84. The summed E-state index contributed by atoms with van der Waals surface area (Å²) in [5.74, 6) is 0.271. The van der Waals surface area contributed by atoms with E-state index >= 15 is 0 Å². The van der Waals surface area contributed by atoms with Crippen LogP contribution in [0.15, 0.2) is 34.5 Å². The third-order valence-electron chi connectivity index (χ3n) is 2.23. The first-order valence-electron chi connectivity index (χ1n) is 5.44. The van der Waals surface area contributed by atoms with Gasteiger partial charge in [0.25, 0.3) is 0 Å². The molecular formula is C13H12FNOS2. The highest BCUT2D eigenvalue weighted by atomic mass is 32.2. The molecule has 2 rings (SSSR count). The predicted octanol–water partition coefficient (Wildman–Crippen LogP) is 3.49. The Balaban J connectivity index is 1.83. The van der Waals surface area contributed by atoms with Crippen LogP contribution in [0.1, 0.15) is 10.7 Å². The molecule has 0 unspecified atom stereocenters. The van der Waals surface area contributed by atoms with Gasteiger partial charge in [-0.1, -0.05) is 0 Å². The van der Waals surface area contributed by atoms with Crippen molar-refractivity contribution in [1.82, 2.24) is 4.98 Å². The third kappa shape index (κ3) is 3.92. The van der Waals surface area contributed by atoms with Crippen LogP contribution in [0.25, 0.3) is 0 Å². The summed E-state index contributed by atoms with van der Waals surface area (Å²) >= 11 is 2.93. The Bertz CT molecular complexity index is 536. The van der Waals surface area contributed by atoms with Crippen molar-refractivity contribution < 1.29 is 9.18 Å². The maximum atomic E-state index is 12.7. The second kappa shape index (κ2) is 6.11. The van der Waals surface area contributed by atoms with E-state index in [2.05, 4.69) is 4.98 Å². The molecular weight excluding hydrogens is 269 g/mol. The number of halogens is 1. The van der Waals surface area contributed by atoms with Gasteiger partial charge in [0.05, 0.1) is 12.2 Å². The number of Topliss-reactive ketones (excluding diaryl/α,β-unsaturated/α-hetero) is 1. The van der Waals surface area contributed by atoms with Crippen molar-refractivity contribution >= 4 is 28.9 Å². The van der Waals surface area contributed by atoms with Crippen LogP contribution in [-0.4, -0.2) is 16.5 Å². The van der Waals surface area contributed by atoms with Gasteiger partial charge in [-0.25, -0.2) is 9.37 Å². The van der Waals surface area contributed by atoms with Crippen molar-refractivity contribution in [1.29, 1.82) is 0 Å². The lowest BCUT2D eigenvalue weighted by atomic mass is 10.3. The molecule has 0 spiro atoms. The summed E-state index contributed by atoms with van der Waals surface area (Å²) in [5.41, 5.74) is 0.953. The summed E-state index contributed by atoms with van der Waals surface area (Å²) in [5, 5.41) is 2.80. The lowest BCUT2D eigenvalue weighted by molar-refractivity contribution is -0.116. The Morgan fingerprint density at radius 2 is 2.11 bits per heavy atom. The van der Waals surface area contributed by atoms with Gasteiger partial charge in [-0.3, -0.25) is 4.79 Å². The molecule has 0 aliphatic heterocycles. The van der Waals surface area contributed by atoms with E-state index in [1.165, 1.54) is 35.2 Å². The van der Waals surface area contributed by atoms with Crippen molar-refractivity contribution in [3.05, 3.63) is 46.2 Å². The Hall–Kier alpha value is -1.20. The van der Waals surface area contributed by atoms with Gasteiger partial charge in [-0.2, -0.15) is 0 Å². The molecule has 1 aromatic heterocycles. The van der Waals surface area contributed by atoms with E-state index in [0.29, 0.717) is 12.2 Å². The van der Waals surface area contributed by atoms with Crippen molar-refractivity contribution in [3.8, 4) is 0 Å². The quantitative estimate of drug-likeness (QED) is 0.786. The first-order chi connectivity index (χ1) is 8.63. The monoisotopic (exact) mass is 281 g/mol. The zero-order chi connectivity index (χ0) is 13.0. The van der Waals surface area contributed by atoms with Crippen molar-refractivity contribution in [2.45, 2.75) is 18.2 Å². The van der Waals surface area contributed by atoms with E-state index in [4.69, 9.17) is 0 Å². The number of nitrogens with zero attached hydrogens (tertiary/aromatic N) is 1. The van der Waals surface area contributed by atoms with Gasteiger partial charge in [-0.05, 0) is 31.2 Å². The van der Waals surface area contributed by atoms with Crippen LogP contribution < -0.4 is 0 Å². The van der Waals surface area contributed by atoms with Crippen LogP contribution in [0, 0.1) is 12.7 Å². The number of ketones is 1. The summed E-state index contributed by atoms with van der Waals surface area (Å²) < 4.78 is 12.7. The standard InChI is InChI=1S/C13H12FNOS2/c1-9-7-18-13(15-9)6-11(16)8-17-12-4-2-10(14)3-5-12/h2-5,7H,6,8H2,1H3. The van der Waals surface area contributed by atoms with E-state index in [1.54, 1.807) is 12.1 Å². The molecule has 1 aromatic carbocycles. The largest absolute Gasteiger partial charge is 0.298 e. The maximum Gasteiger partial charge on any atom is 0.149 e. The number of thioether (sulfide) groups is 1. The van der Waals surface area contributed by atoms with Crippen molar-refractivity contribution in [2.24, 2.45) is 0 Å². The van der Waals surface area contributed by atoms with Crippen molar-refractivity contribution in [3.63, 3.8) is 0 Å². The Labute approximate surface area is 113 Å². The highest BCUT2D eigenvalue weighted by molar-refractivity contribution is 8.00. The molecule has 2 aromatic rings. The van der Waals surface area contributed by atoms with E-state index in [1.807, 2.05) is 12.3 Å². The zero-order valence-electron chi connectivity index (χ0n) is 9.85. The van der Waals surface area contributed by atoms with E-state index in [9.17, 15) is 9.18 Å². The highest BCUT2D eigenvalue weighted by Crippen LogP contribution is 2.19. The maximum absolute atomic E-state index is 12.7. The number of hydrogen-bond donors (Lipinski definition) is 0. The van der Waals surface area contributed by atoms with Crippen LogP contribution in [0.5, 0.6) is 0 Å². The second-order valence-corrected chi connectivity index (χ2v) is 5.83. The molecule has 0 aliphatic carbocycles. The average molecular weight is 281 g/mol. The fraction of sp³-hybridized carbons (Fsp3) is 0.231. The molecule has 2 nitrogen and oxygen atoms in total. The fourth-order valence-corrected chi connectivity index (χ4v) is 2.96. The molecule has 0 N–H and O–H groups in total. The zero-order valence-corrected chi connectivity index (χ0v) is 11.5. The molecule has 0 fully saturated rings. The van der Waals surface area contributed by atoms with Crippen molar-refractivity contribution in [2.75, 3.05) is 5.75 Å². The summed E-state index contributed by atoms with van der Waals surface area (Å²) in [4.78, 5) is 16.9. The number of benzene rings is 1. The lowest BCUT2D eigenvalue weighted by Gasteiger charge is -2.00. The van der Waals surface area contributed by atoms with Crippen LogP contribution in [0.4, 0.5) is 4.39 Å². The molecule has 94 valence electrons. The number of carbonyl (C=O) groups is 1. The van der Waals surface area contributed by atoms with Gasteiger partial charge >= 0.3 is 0 Å². The third-order valence-corrected chi connectivity index (χ3v) is 4.27. The Morgan fingerprint density at radius 3 is 2.72 bits per heavy atom. The van der Waals surface area contributed by atoms with E-state index < -0.39 is 0 Å². The summed E-state index contributed by atoms with van der Waals surface area (Å²) in [7, 11) is 0. The molecule has 0 atom stereocenters. The molecule has 0 saturated carbocycles. The average Bonchev–Trinajstić information content (AvgIpc) is 2.74. The van der Waals surface area contributed by atoms with Crippen LogP contribution >= 0.6 is 23.1 Å². The van der Waals surface area contributed by atoms with Gasteiger partial charge in [0.1, 0.15) is 16.6 Å². The Morgan fingerprint density at radius 1 is 1.39 bits per heavy atom. The highest BCUT2D eigenvalue weighted by Gasteiger charge is 2.07. The van der Waals surface area contributed by atoms with Gasteiger partial charge in [0.15, 0.2) is 0 Å². The van der Waals surface area contributed by atoms with Crippen LogP contribution in [0.2, 0.25) is 0 Å². The lowest BCUT2D eigenvalue weighted by Crippen LogP contribution is -2.05. The minimum Gasteiger partial charge on any atom is -0.298 e. The SMILES string of the molecule is Cc1csc(CC(=O)CSc2ccc(F)cc2)n1. The smallest absolute Gasteiger partial charge is 0.149 e. The topological polar surface area (TPSA) is 30.0 Å². The van der Waals surface area contributed by atoms with Crippen LogP contribution in [0.3, 0.4) is 0 Å². The summed E-state index contributed by atoms with van der Waals surface area (Å²) in [6, 6.07) is 6.16. The molecule has 0 bridgehead atoms. The summed E-state index contributed by atoms with van der Waals surface area (Å²) in [6.45, 7) is 1.91. The van der Waals surface area contributed by atoms with Gasteiger partial charge in [-0.15, -0.1) is 23.1 Å². The van der Waals surface area contributed by atoms with E-state index in [0.717, 1.165) is 15.6 Å². The van der Waals surface area contributed by atoms with Gasteiger partial charge < -0.3 is 0 Å². The van der Waals surface area contributed by atoms with E-state index in [-0.39, 0.29) is 11.6 Å². The molecule has 5 heteroatoms. The normalized spacial score (nSPS) is 10.6. The number of thiazole rings is 1. The molecule has 1 heterocycles. The minimum absolute atomic E-state index is 0.138. The van der Waals surface area contributed by atoms with Gasteiger partial charge in [0.2, 0.25) is 0 Å². The van der Waals surface area contributed by atoms with Crippen LogP contribution in [-0.2, 0) is 11.2 Å². The number of aryl methyl sites for hydroxylation is 1. The van der Waals surface area contributed by atoms with Gasteiger partial charge in [0, 0.05) is 16.0 Å².